The number of nitrogens with zero attached hydrogens (tertiary/aromatic N) is 5. The van der Waals surface area contributed by atoms with E-state index in [2.05, 4.69) is 32.3 Å². The van der Waals surface area contributed by atoms with E-state index in [1.807, 2.05) is 6.92 Å². The molecule has 0 aromatic carbocycles. The van der Waals surface area contributed by atoms with Crippen LogP contribution in [0.1, 0.15) is 20.3 Å². The molecule has 2 aromatic heterocycles. The summed E-state index contributed by atoms with van der Waals surface area (Å²) in [6.07, 6.45) is 4.25. The normalized spacial score (nSPS) is 12.1. The average Bonchev–Trinajstić information content (AvgIpc) is 2.99. The summed E-state index contributed by atoms with van der Waals surface area (Å²) in [5.41, 5.74) is 0. The van der Waals surface area contributed by atoms with Gasteiger partial charge in [0.2, 0.25) is 5.95 Å². The summed E-state index contributed by atoms with van der Waals surface area (Å²) >= 11 is 0. The third-order valence-corrected chi connectivity index (χ3v) is 2.55. The maximum Gasteiger partial charge on any atom is 0.323 e. The molecule has 0 spiro atoms. The Labute approximate surface area is 123 Å². The van der Waals surface area contributed by atoms with Gasteiger partial charge < -0.3 is 14.8 Å². The summed E-state index contributed by atoms with van der Waals surface area (Å²) in [5, 5.41) is 7.25. The molecule has 0 bridgehead atoms. The first-order valence-electron chi connectivity index (χ1n) is 6.88. The van der Waals surface area contributed by atoms with Gasteiger partial charge >= 0.3 is 6.01 Å². The third kappa shape index (κ3) is 4.38. The minimum Gasteiger partial charge on any atom is -0.458 e. The van der Waals surface area contributed by atoms with E-state index in [0.29, 0.717) is 18.5 Å². The number of hydrogen-bond donors (Lipinski definition) is 1. The van der Waals surface area contributed by atoms with Gasteiger partial charge in [-0.05, 0) is 19.4 Å². The fraction of sp³-hybridized carbons (Fsp3) is 0.538. The monoisotopic (exact) mass is 292 g/mol. The number of aromatic nitrogens is 5. The Balaban J connectivity index is 2.24. The molecular formula is C13H20N6O2. The molecular weight excluding hydrogens is 272 g/mol. The van der Waals surface area contributed by atoms with Crippen molar-refractivity contribution in [3.63, 3.8) is 0 Å². The van der Waals surface area contributed by atoms with Crippen LogP contribution < -0.4 is 10.1 Å². The first kappa shape index (κ1) is 15.2. The molecule has 0 aliphatic heterocycles. The van der Waals surface area contributed by atoms with Gasteiger partial charge in [-0.25, -0.2) is 4.68 Å². The van der Waals surface area contributed by atoms with Crippen molar-refractivity contribution in [2.45, 2.75) is 26.4 Å². The smallest absolute Gasteiger partial charge is 0.323 e. The van der Waals surface area contributed by atoms with Gasteiger partial charge in [-0.2, -0.15) is 20.1 Å². The lowest BCUT2D eigenvalue weighted by molar-refractivity contribution is 0.0854. The van der Waals surface area contributed by atoms with Crippen molar-refractivity contribution in [1.29, 1.82) is 0 Å². The Morgan fingerprint density at radius 1 is 1.33 bits per heavy atom. The highest BCUT2D eigenvalue weighted by molar-refractivity contribution is 5.29. The minimum absolute atomic E-state index is 0.151. The molecule has 0 saturated carbocycles. The highest BCUT2D eigenvalue weighted by atomic mass is 16.5. The second-order valence-corrected chi connectivity index (χ2v) is 4.50. The number of rotatable bonds is 8. The van der Waals surface area contributed by atoms with Crippen molar-refractivity contribution in [2.75, 3.05) is 25.6 Å². The predicted octanol–water partition coefficient (Wildman–Crippen LogP) is 1.29. The van der Waals surface area contributed by atoms with Gasteiger partial charge in [0.25, 0.3) is 5.95 Å². The zero-order valence-electron chi connectivity index (χ0n) is 12.5. The van der Waals surface area contributed by atoms with Crippen molar-refractivity contribution in [1.82, 2.24) is 24.7 Å². The molecule has 0 aliphatic carbocycles. The summed E-state index contributed by atoms with van der Waals surface area (Å²) in [7, 11) is 1.62. The molecule has 0 amide bonds. The lowest BCUT2D eigenvalue weighted by Crippen LogP contribution is -2.20. The Kier molecular flexibility index (Phi) is 5.44. The van der Waals surface area contributed by atoms with E-state index in [-0.39, 0.29) is 12.1 Å². The van der Waals surface area contributed by atoms with Crippen molar-refractivity contribution < 1.29 is 9.47 Å². The second-order valence-electron chi connectivity index (χ2n) is 4.50. The van der Waals surface area contributed by atoms with E-state index < -0.39 is 0 Å². The number of hydrogen-bond acceptors (Lipinski definition) is 7. The first-order chi connectivity index (χ1) is 10.2. The van der Waals surface area contributed by atoms with E-state index in [4.69, 9.17) is 9.47 Å². The standard InChI is InChI=1S/C13H20N6O2/c1-4-6-14-11-16-12(19-8-5-7-15-19)18-13(17-11)21-10(2)9-20-3/h5,7-8,10H,4,6,9H2,1-3H3,(H,14,16,17,18). The number of ether oxygens (including phenoxy) is 2. The Bertz CT molecular complexity index is 546. The molecule has 114 valence electrons. The number of nitrogens with one attached hydrogen (secondary N) is 1. The molecule has 21 heavy (non-hydrogen) atoms. The highest BCUT2D eigenvalue weighted by Gasteiger charge is 2.12. The van der Waals surface area contributed by atoms with Crippen LogP contribution in [0.5, 0.6) is 6.01 Å². The third-order valence-electron chi connectivity index (χ3n) is 2.55. The molecule has 0 radical (unpaired) electrons. The molecule has 2 rings (SSSR count). The van der Waals surface area contributed by atoms with Crippen LogP contribution in [0, 0.1) is 0 Å². The molecule has 8 nitrogen and oxygen atoms in total. The maximum absolute atomic E-state index is 5.65. The van der Waals surface area contributed by atoms with E-state index in [0.717, 1.165) is 13.0 Å². The topological polar surface area (TPSA) is 87.0 Å². The van der Waals surface area contributed by atoms with Gasteiger partial charge in [0.1, 0.15) is 6.10 Å². The molecule has 2 heterocycles. The fourth-order valence-electron chi connectivity index (χ4n) is 1.65. The summed E-state index contributed by atoms with van der Waals surface area (Å²) in [6, 6.07) is 2.05. The maximum atomic E-state index is 5.65. The second kappa shape index (κ2) is 7.53. The van der Waals surface area contributed by atoms with Gasteiger partial charge in [0, 0.05) is 26.0 Å². The zero-order chi connectivity index (χ0) is 15.1. The van der Waals surface area contributed by atoms with E-state index in [1.165, 1.54) is 0 Å². The van der Waals surface area contributed by atoms with E-state index in [9.17, 15) is 0 Å². The zero-order valence-corrected chi connectivity index (χ0v) is 12.5. The number of methoxy groups -OCH3 is 1. The molecule has 1 unspecified atom stereocenters. The Morgan fingerprint density at radius 3 is 2.86 bits per heavy atom. The summed E-state index contributed by atoms with van der Waals surface area (Å²) in [4.78, 5) is 12.8. The van der Waals surface area contributed by atoms with Crippen LogP contribution in [-0.2, 0) is 4.74 Å². The van der Waals surface area contributed by atoms with Crippen LogP contribution in [0.15, 0.2) is 18.5 Å². The number of anilines is 1. The van der Waals surface area contributed by atoms with Crippen LogP contribution in [0.4, 0.5) is 5.95 Å². The molecule has 0 fully saturated rings. The summed E-state index contributed by atoms with van der Waals surface area (Å²) in [5.74, 6) is 0.880. The molecule has 2 aromatic rings. The molecule has 8 heteroatoms. The Morgan fingerprint density at radius 2 is 2.19 bits per heavy atom. The first-order valence-corrected chi connectivity index (χ1v) is 6.88. The van der Waals surface area contributed by atoms with Gasteiger partial charge in [0.15, 0.2) is 0 Å². The van der Waals surface area contributed by atoms with Crippen molar-refractivity contribution >= 4 is 5.95 Å². The summed E-state index contributed by atoms with van der Waals surface area (Å²) in [6.45, 7) is 5.19. The van der Waals surface area contributed by atoms with Crippen LogP contribution >= 0.6 is 0 Å². The lowest BCUT2D eigenvalue weighted by atomic mass is 10.4. The fourth-order valence-corrected chi connectivity index (χ4v) is 1.65. The largest absolute Gasteiger partial charge is 0.458 e. The van der Waals surface area contributed by atoms with Crippen molar-refractivity contribution in [3.05, 3.63) is 18.5 Å². The van der Waals surface area contributed by atoms with Crippen LogP contribution in [-0.4, -0.2) is 51.1 Å². The predicted molar refractivity (Wildman–Crippen MR) is 77.7 cm³/mol. The van der Waals surface area contributed by atoms with Crippen molar-refractivity contribution in [2.24, 2.45) is 0 Å². The molecule has 1 atom stereocenters. The molecule has 0 aliphatic rings. The van der Waals surface area contributed by atoms with E-state index >= 15 is 0 Å². The van der Waals surface area contributed by atoms with Crippen LogP contribution in [0.3, 0.4) is 0 Å². The summed E-state index contributed by atoms with van der Waals surface area (Å²) < 4.78 is 12.3. The van der Waals surface area contributed by atoms with Gasteiger partial charge in [-0.1, -0.05) is 6.92 Å². The van der Waals surface area contributed by atoms with E-state index in [1.54, 1.807) is 30.3 Å². The Hall–Kier alpha value is -2.22. The highest BCUT2D eigenvalue weighted by Crippen LogP contribution is 2.12. The van der Waals surface area contributed by atoms with Crippen LogP contribution in [0.2, 0.25) is 0 Å². The van der Waals surface area contributed by atoms with Gasteiger partial charge in [0.05, 0.1) is 6.61 Å². The lowest BCUT2D eigenvalue weighted by Gasteiger charge is -2.13. The van der Waals surface area contributed by atoms with Crippen molar-refractivity contribution in [3.8, 4) is 12.0 Å². The molecule has 1 N–H and O–H groups in total. The molecule has 0 saturated heterocycles. The SMILES string of the molecule is CCCNc1nc(OC(C)COC)nc(-n2cccn2)n1. The van der Waals surface area contributed by atoms with Gasteiger partial charge in [-0.15, -0.1) is 0 Å². The minimum atomic E-state index is -0.151. The van der Waals surface area contributed by atoms with Gasteiger partial charge in [-0.3, -0.25) is 0 Å². The average molecular weight is 292 g/mol. The van der Waals surface area contributed by atoms with Crippen LogP contribution in [0.25, 0.3) is 5.95 Å². The quantitative estimate of drug-likeness (QED) is 0.784.